The highest BCUT2D eigenvalue weighted by Crippen LogP contribution is 2.30. The fourth-order valence-electron chi connectivity index (χ4n) is 2.06. The van der Waals surface area contributed by atoms with Crippen molar-refractivity contribution in [3.63, 3.8) is 0 Å². The molecule has 0 amide bonds. The van der Waals surface area contributed by atoms with E-state index in [4.69, 9.17) is 10.5 Å². The highest BCUT2D eigenvalue weighted by Gasteiger charge is 2.16. The molecule has 2 N–H and O–H groups in total. The summed E-state index contributed by atoms with van der Waals surface area (Å²) in [6.45, 7) is -0.396. The molecule has 0 saturated heterocycles. The summed E-state index contributed by atoms with van der Waals surface area (Å²) in [5.74, 6) is 0.833. The molecule has 0 aromatic heterocycles. The van der Waals surface area contributed by atoms with Crippen LogP contribution in [0.1, 0.15) is 24.1 Å². The largest absolute Gasteiger partial charge is 0.494 e. The van der Waals surface area contributed by atoms with Gasteiger partial charge < -0.3 is 15.2 Å². The Morgan fingerprint density at radius 3 is 2.33 bits per heavy atom. The van der Waals surface area contributed by atoms with Gasteiger partial charge in [-0.1, -0.05) is 30.3 Å². The molecule has 0 heterocycles. The molecular formula is C16H17F2NO2. The number of rotatable bonds is 6. The van der Waals surface area contributed by atoms with E-state index in [9.17, 15) is 8.78 Å². The maximum absolute atomic E-state index is 12.4. The lowest BCUT2D eigenvalue weighted by Crippen LogP contribution is -2.14. The van der Waals surface area contributed by atoms with Crippen molar-refractivity contribution >= 4 is 0 Å². The van der Waals surface area contributed by atoms with Gasteiger partial charge >= 0.3 is 6.61 Å². The molecule has 2 aromatic carbocycles. The van der Waals surface area contributed by atoms with Crippen molar-refractivity contribution in [2.75, 3.05) is 6.61 Å². The summed E-state index contributed by atoms with van der Waals surface area (Å²) in [5.41, 5.74) is 7.46. The molecule has 21 heavy (non-hydrogen) atoms. The highest BCUT2D eigenvalue weighted by molar-refractivity contribution is 5.42. The third-order valence-electron chi connectivity index (χ3n) is 3.02. The van der Waals surface area contributed by atoms with Crippen molar-refractivity contribution in [3.05, 3.63) is 59.7 Å². The first-order valence-corrected chi connectivity index (χ1v) is 6.64. The smallest absolute Gasteiger partial charge is 0.387 e. The van der Waals surface area contributed by atoms with Crippen LogP contribution in [0.2, 0.25) is 0 Å². The lowest BCUT2D eigenvalue weighted by Gasteiger charge is -2.17. The van der Waals surface area contributed by atoms with Gasteiger partial charge in [-0.15, -0.1) is 0 Å². The molecule has 0 fully saturated rings. The first kappa shape index (κ1) is 15.3. The fourth-order valence-corrected chi connectivity index (χ4v) is 2.06. The van der Waals surface area contributed by atoms with E-state index in [0.717, 1.165) is 11.3 Å². The van der Waals surface area contributed by atoms with Crippen molar-refractivity contribution in [1.82, 2.24) is 0 Å². The van der Waals surface area contributed by atoms with Crippen LogP contribution in [0.5, 0.6) is 11.5 Å². The molecule has 5 heteroatoms. The molecule has 0 aliphatic rings. The van der Waals surface area contributed by atoms with E-state index in [1.807, 2.05) is 19.1 Å². The van der Waals surface area contributed by atoms with Crippen LogP contribution in [-0.4, -0.2) is 13.2 Å². The molecule has 0 bridgehead atoms. The zero-order chi connectivity index (χ0) is 15.2. The van der Waals surface area contributed by atoms with Crippen LogP contribution in [0.3, 0.4) is 0 Å². The normalized spacial score (nSPS) is 12.2. The molecule has 0 aliphatic heterocycles. The first-order chi connectivity index (χ1) is 10.1. The maximum Gasteiger partial charge on any atom is 0.387 e. The minimum Gasteiger partial charge on any atom is -0.494 e. The summed E-state index contributed by atoms with van der Waals surface area (Å²) in [6.07, 6.45) is 0. The van der Waals surface area contributed by atoms with Crippen molar-refractivity contribution in [2.45, 2.75) is 19.6 Å². The van der Waals surface area contributed by atoms with Gasteiger partial charge in [-0.3, -0.25) is 0 Å². The zero-order valence-electron chi connectivity index (χ0n) is 11.6. The Bertz CT molecular complexity index is 573. The molecule has 0 spiro atoms. The van der Waals surface area contributed by atoms with Gasteiger partial charge in [0.05, 0.1) is 12.6 Å². The Morgan fingerprint density at radius 2 is 1.71 bits per heavy atom. The van der Waals surface area contributed by atoms with E-state index in [2.05, 4.69) is 4.74 Å². The Kier molecular flexibility index (Phi) is 5.11. The zero-order valence-corrected chi connectivity index (χ0v) is 11.6. The summed E-state index contributed by atoms with van der Waals surface area (Å²) in [6, 6.07) is 13.2. The van der Waals surface area contributed by atoms with Gasteiger partial charge in [0.1, 0.15) is 11.5 Å². The van der Waals surface area contributed by atoms with E-state index in [1.54, 1.807) is 30.3 Å². The van der Waals surface area contributed by atoms with Gasteiger partial charge in [-0.25, -0.2) is 0 Å². The number of hydrogen-bond donors (Lipinski definition) is 1. The highest BCUT2D eigenvalue weighted by atomic mass is 19.3. The van der Waals surface area contributed by atoms with E-state index >= 15 is 0 Å². The van der Waals surface area contributed by atoms with Gasteiger partial charge in [0, 0.05) is 5.56 Å². The summed E-state index contributed by atoms with van der Waals surface area (Å²) >= 11 is 0. The number of benzene rings is 2. The van der Waals surface area contributed by atoms with Crippen molar-refractivity contribution < 1.29 is 18.3 Å². The molecule has 0 radical (unpaired) electrons. The van der Waals surface area contributed by atoms with Crippen LogP contribution in [-0.2, 0) is 0 Å². The van der Waals surface area contributed by atoms with Crippen LogP contribution >= 0.6 is 0 Å². The van der Waals surface area contributed by atoms with Gasteiger partial charge in [0.25, 0.3) is 0 Å². The predicted octanol–water partition coefficient (Wildman–Crippen LogP) is 3.73. The minimum absolute atomic E-state index is 0.0916. The van der Waals surface area contributed by atoms with Crippen molar-refractivity contribution in [2.24, 2.45) is 5.73 Å². The van der Waals surface area contributed by atoms with Crippen molar-refractivity contribution in [1.29, 1.82) is 0 Å². The summed E-state index contributed by atoms with van der Waals surface area (Å²) < 4.78 is 34.7. The first-order valence-electron chi connectivity index (χ1n) is 6.64. The van der Waals surface area contributed by atoms with Gasteiger partial charge in [-0.05, 0) is 30.7 Å². The second-order valence-electron chi connectivity index (χ2n) is 4.40. The van der Waals surface area contributed by atoms with Gasteiger partial charge in [0.2, 0.25) is 0 Å². The standard InChI is InChI=1S/C16H17F2NO2/c1-2-20-12-9-7-11(8-10-12)15(19)13-5-3-4-6-14(13)21-16(17)18/h3-10,15-16H,2,19H2,1H3. The number of nitrogens with two attached hydrogens (primary N) is 1. The molecule has 3 nitrogen and oxygen atoms in total. The molecule has 1 unspecified atom stereocenters. The van der Waals surface area contributed by atoms with Gasteiger partial charge in [0.15, 0.2) is 0 Å². The number of halogens is 2. The molecule has 2 aromatic rings. The quantitative estimate of drug-likeness (QED) is 0.882. The third kappa shape index (κ3) is 3.92. The van der Waals surface area contributed by atoms with Gasteiger partial charge in [-0.2, -0.15) is 8.78 Å². The number of ether oxygens (including phenoxy) is 2. The molecule has 112 valence electrons. The summed E-state index contributed by atoms with van der Waals surface area (Å²) in [7, 11) is 0. The Balaban J connectivity index is 2.24. The molecular weight excluding hydrogens is 276 g/mol. The Morgan fingerprint density at radius 1 is 1.05 bits per heavy atom. The lowest BCUT2D eigenvalue weighted by molar-refractivity contribution is -0.0505. The SMILES string of the molecule is CCOc1ccc(C(N)c2ccccc2OC(F)F)cc1. The van der Waals surface area contributed by atoms with E-state index in [-0.39, 0.29) is 5.75 Å². The average Bonchev–Trinajstić information content (AvgIpc) is 2.48. The van der Waals surface area contributed by atoms with E-state index < -0.39 is 12.7 Å². The Hall–Kier alpha value is -2.14. The van der Waals surface area contributed by atoms with E-state index in [1.165, 1.54) is 6.07 Å². The summed E-state index contributed by atoms with van der Waals surface area (Å²) in [4.78, 5) is 0. The average molecular weight is 293 g/mol. The number of hydrogen-bond acceptors (Lipinski definition) is 3. The van der Waals surface area contributed by atoms with Crippen LogP contribution in [0.15, 0.2) is 48.5 Å². The number of alkyl halides is 2. The van der Waals surface area contributed by atoms with Crippen LogP contribution < -0.4 is 15.2 Å². The topological polar surface area (TPSA) is 44.5 Å². The second-order valence-corrected chi connectivity index (χ2v) is 4.40. The molecule has 2 rings (SSSR count). The fraction of sp³-hybridized carbons (Fsp3) is 0.250. The van der Waals surface area contributed by atoms with Crippen LogP contribution in [0.4, 0.5) is 8.78 Å². The van der Waals surface area contributed by atoms with E-state index in [0.29, 0.717) is 12.2 Å². The minimum atomic E-state index is -2.88. The lowest BCUT2D eigenvalue weighted by atomic mass is 9.99. The number of para-hydroxylation sites is 1. The third-order valence-corrected chi connectivity index (χ3v) is 3.02. The van der Waals surface area contributed by atoms with Crippen molar-refractivity contribution in [3.8, 4) is 11.5 Å². The van der Waals surface area contributed by atoms with Crippen LogP contribution in [0, 0.1) is 0 Å². The summed E-state index contributed by atoms with van der Waals surface area (Å²) in [5, 5.41) is 0. The maximum atomic E-state index is 12.4. The predicted molar refractivity (Wildman–Crippen MR) is 76.7 cm³/mol. The molecule has 0 saturated carbocycles. The monoisotopic (exact) mass is 293 g/mol. The second kappa shape index (κ2) is 7.04. The Labute approximate surface area is 122 Å². The molecule has 1 atom stereocenters. The molecule has 0 aliphatic carbocycles. The van der Waals surface area contributed by atoms with Crippen LogP contribution in [0.25, 0.3) is 0 Å².